The fraction of sp³-hybridized carbons (Fsp3) is 1.00. The van der Waals surface area contributed by atoms with E-state index in [1.807, 2.05) is 0 Å². The summed E-state index contributed by atoms with van der Waals surface area (Å²) in [6.07, 6.45) is 3.93. The zero-order chi connectivity index (χ0) is 14.1. The van der Waals surface area contributed by atoms with Gasteiger partial charge in [0, 0.05) is 38.3 Å². The highest BCUT2D eigenvalue weighted by Crippen LogP contribution is 2.36. The largest absolute Gasteiger partial charge is 0.297 e. The van der Waals surface area contributed by atoms with Crippen LogP contribution in [0.25, 0.3) is 0 Å². The van der Waals surface area contributed by atoms with Gasteiger partial charge >= 0.3 is 0 Å². The Morgan fingerprint density at radius 1 is 1.16 bits per heavy atom. The molecule has 0 saturated carbocycles. The predicted molar refractivity (Wildman–Crippen MR) is 82.3 cm³/mol. The Balaban J connectivity index is 2.21. The quantitative estimate of drug-likeness (QED) is 0.844. The third-order valence-electron chi connectivity index (χ3n) is 5.20. The van der Waals surface area contributed by atoms with Crippen molar-refractivity contribution in [2.24, 2.45) is 5.92 Å². The van der Waals surface area contributed by atoms with Crippen LogP contribution in [0, 0.1) is 5.92 Å². The van der Waals surface area contributed by atoms with Gasteiger partial charge in [-0.25, -0.2) is 0 Å². The minimum Gasteiger partial charge on any atom is -0.297 e. The highest BCUT2D eigenvalue weighted by molar-refractivity contribution is 5.05. The number of piperazine rings is 1. The maximum atomic E-state index is 3.89. The fourth-order valence-corrected chi connectivity index (χ4v) is 4.03. The van der Waals surface area contributed by atoms with Crippen LogP contribution in [0.2, 0.25) is 0 Å². The second kappa shape index (κ2) is 5.71. The molecule has 0 aromatic carbocycles. The van der Waals surface area contributed by atoms with E-state index < -0.39 is 0 Å². The van der Waals surface area contributed by atoms with E-state index in [4.69, 9.17) is 0 Å². The lowest BCUT2D eigenvalue weighted by Gasteiger charge is -2.54. The summed E-state index contributed by atoms with van der Waals surface area (Å²) in [5.74, 6) is 0.783. The molecule has 1 N–H and O–H groups in total. The Kier molecular flexibility index (Phi) is 4.59. The van der Waals surface area contributed by atoms with Crippen LogP contribution in [-0.2, 0) is 0 Å². The monoisotopic (exact) mass is 267 g/mol. The predicted octanol–water partition coefficient (Wildman–Crippen LogP) is 2.53. The molecule has 3 nitrogen and oxygen atoms in total. The number of nitrogens with one attached hydrogen (secondary N) is 1. The summed E-state index contributed by atoms with van der Waals surface area (Å²) in [6.45, 7) is 17.8. The van der Waals surface area contributed by atoms with Gasteiger partial charge in [-0.05, 0) is 33.1 Å². The Bertz CT molecular complexity index is 297. The number of hydrogen-bond donors (Lipinski definition) is 1. The summed E-state index contributed by atoms with van der Waals surface area (Å²) < 4.78 is 0. The van der Waals surface area contributed by atoms with E-state index in [-0.39, 0.29) is 11.2 Å². The molecular weight excluding hydrogens is 234 g/mol. The normalized spacial score (nSPS) is 31.4. The molecule has 2 aliphatic heterocycles. The first-order valence-corrected chi connectivity index (χ1v) is 8.19. The topological polar surface area (TPSA) is 18.5 Å². The molecule has 0 bridgehead atoms. The van der Waals surface area contributed by atoms with Gasteiger partial charge in [-0.3, -0.25) is 15.1 Å². The van der Waals surface area contributed by atoms with Crippen LogP contribution in [-0.4, -0.2) is 53.7 Å². The van der Waals surface area contributed by atoms with Gasteiger partial charge in [-0.1, -0.05) is 26.7 Å². The SMILES string of the molecule is CCCC(CC)C12CN(C(C)(C)C)CCN1CCN2. The van der Waals surface area contributed by atoms with Gasteiger partial charge in [0.1, 0.15) is 0 Å². The summed E-state index contributed by atoms with van der Waals surface area (Å²) in [6, 6.07) is 0. The van der Waals surface area contributed by atoms with E-state index in [0.29, 0.717) is 0 Å². The summed E-state index contributed by atoms with van der Waals surface area (Å²) in [5, 5.41) is 3.89. The molecule has 2 heterocycles. The van der Waals surface area contributed by atoms with Gasteiger partial charge in [0.25, 0.3) is 0 Å². The van der Waals surface area contributed by atoms with Crippen molar-refractivity contribution < 1.29 is 0 Å². The second-order valence-corrected chi connectivity index (χ2v) is 7.32. The van der Waals surface area contributed by atoms with Crippen LogP contribution in [0.5, 0.6) is 0 Å². The molecule has 0 aliphatic carbocycles. The number of nitrogens with zero attached hydrogens (tertiary/aromatic N) is 2. The van der Waals surface area contributed by atoms with Gasteiger partial charge in [0.15, 0.2) is 0 Å². The molecule has 2 unspecified atom stereocenters. The van der Waals surface area contributed by atoms with Crippen molar-refractivity contribution in [3.8, 4) is 0 Å². The molecule has 2 saturated heterocycles. The first kappa shape index (κ1) is 15.3. The average Bonchev–Trinajstić information content (AvgIpc) is 2.78. The average molecular weight is 267 g/mol. The van der Waals surface area contributed by atoms with E-state index in [1.54, 1.807) is 0 Å². The lowest BCUT2D eigenvalue weighted by molar-refractivity contribution is -0.0593. The van der Waals surface area contributed by atoms with Crippen LogP contribution in [0.1, 0.15) is 53.9 Å². The van der Waals surface area contributed by atoms with Crippen LogP contribution >= 0.6 is 0 Å². The number of rotatable bonds is 4. The van der Waals surface area contributed by atoms with Gasteiger partial charge in [0.05, 0.1) is 5.66 Å². The Morgan fingerprint density at radius 3 is 2.47 bits per heavy atom. The molecule has 0 aromatic rings. The van der Waals surface area contributed by atoms with E-state index >= 15 is 0 Å². The molecule has 2 rings (SSSR count). The molecule has 2 aliphatic rings. The molecular formula is C16H33N3. The van der Waals surface area contributed by atoms with Gasteiger partial charge in [-0.15, -0.1) is 0 Å². The van der Waals surface area contributed by atoms with Crippen LogP contribution in [0.4, 0.5) is 0 Å². The van der Waals surface area contributed by atoms with Crippen LogP contribution < -0.4 is 5.32 Å². The zero-order valence-corrected chi connectivity index (χ0v) is 13.6. The smallest absolute Gasteiger partial charge is 0.0873 e. The molecule has 3 heteroatoms. The zero-order valence-electron chi connectivity index (χ0n) is 13.6. The van der Waals surface area contributed by atoms with Crippen molar-refractivity contribution >= 4 is 0 Å². The Labute approximate surface area is 119 Å². The van der Waals surface area contributed by atoms with Crippen molar-refractivity contribution in [2.45, 2.75) is 65.1 Å². The van der Waals surface area contributed by atoms with Gasteiger partial charge < -0.3 is 0 Å². The fourth-order valence-electron chi connectivity index (χ4n) is 4.03. The number of hydrogen-bond acceptors (Lipinski definition) is 3. The van der Waals surface area contributed by atoms with Crippen molar-refractivity contribution in [3.63, 3.8) is 0 Å². The molecule has 19 heavy (non-hydrogen) atoms. The van der Waals surface area contributed by atoms with Crippen LogP contribution in [0.3, 0.4) is 0 Å². The molecule has 112 valence electrons. The third-order valence-corrected chi connectivity index (χ3v) is 5.20. The van der Waals surface area contributed by atoms with Crippen molar-refractivity contribution in [3.05, 3.63) is 0 Å². The first-order valence-electron chi connectivity index (χ1n) is 8.19. The lowest BCUT2D eigenvalue weighted by Crippen LogP contribution is -2.69. The first-order chi connectivity index (χ1) is 8.94. The molecule has 0 spiro atoms. The van der Waals surface area contributed by atoms with Crippen molar-refractivity contribution in [2.75, 3.05) is 32.7 Å². The van der Waals surface area contributed by atoms with Crippen LogP contribution in [0.15, 0.2) is 0 Å². The molecule has 0 radical (unpaired) electrons. The van der Waals surface area contributed by atoms with E-state index in [1.165, 1.54) is 45.4 Å². The maximum absolute atomic E-state index is 3.89. The molecule has 0 aromatic heterocycles. The van der Waals surface area contributed by atoms with E-state index in [2.05, 4.69) is 49.7 Å². The standard InChI is InChI=1S/C16H33N3/c1-6-8-14(7-2)16-13-19(15(3,4)5)12-11-18(16)10-9-17-16/h14,17H,6-13H2,1-5H3. The Morgan fingerprint density at radius 2 is 1.89 bits per heavy atom. The summed E-state index contributed by atoms with van der Waals surface area (Å²) in [4.78, 5) is 5.42. The molecule has 0 amide bonds. The van der Waals surface area contributed by atoms with E-state index in [0.717, 1.165) is 12.5 Å². The van der Waals surface area contributed by atoms with Crippen molar-refractivity contribution in [1.29, 1.82) is 0 Å². The lowest BCUT2D eigenvalue weighted by atomic mass is 9.83. The van der Waals surface area contributed by atoms with Crippen molar-refractivity contribution in [1.82, 2.24) is 15.1 Å². The minimum atomic E-state index is 0.246. The Hall–Kier alpha value is -0.120. The molecule has 2 fully saturated rings. The van der Waals surface area contributed by atoms with E-state index in [9.17, 15) is 0 Å². The maximum Gasteiger partial charge on any atom is 0.0873 e. The summed E-state index contributed by atoms with van der Waals surface area (Å²) in [7, 11) is 0. The summed E-state index contributed by atoms with van der Waals surface area (Å²) in [5.41, 5.74) is 0.532. The molecule has 2 atom stereocenters. The highest BCUT2D eigenvalue weighted by Gasteiger charge is 2.50. The second-order valence-electron chi connectivity index (χ2n) is 7.32. The minimum absolute atomic E-state index is 0.246. The highest BCUT2D eigenvalue weighted by atomic mass is 15.5. The van der Waals surface area contributed by atoms with Gasteiger partial charge in [-0.2, -0.15) is 0 Å². The number of fused-ring (bicyclic) bond motifs is 1. The van der Waals surface area contributed by atoms with Gasteiger partial charge in [0.2, 0.25) is 0 Å². The summed E-state index contributed by atoms with van der Waals surface area (Å²) >= 11 is 0. The third kappa shape index (κ3) is 2.84.